The van der Waals surface area contributed by atoms with E-state index in [1.807, 2.05) is 0 Å². The number of aliphatic carboxylic acids is 1. The SMILES string of the molecule is C=CCC1(C(=O)NCC(C(=O)O)C2CCOCC2)CCC1. The molecule has 2 rings (SSSR count). The second-order valence-corrected chi connectivity index (χ2v) is 6.23. The molecule has 1 atom stereocenters. The molecule has 0 spiro atoms. The number of nitrogens with one attached hydrogen (secondary N) is 1. The maximum atomic E-state index is 12.4. The van der Waals surface area contributed by atoms with Gasteiger partial charge in [0.2, 0.25) is 5.91 Å². The van der Waals surface area contributed by atoms with Crippen LogP contribution in [0.3, 0.4) is 0 Å². The van der Waals surface area contributed by atoms with E-state index in [4.69, 9.17) is 4.74 Å². The summed E-state index contributed by atoms with van der Waals surface area (Å²) in [4.78, 5) is 23.8. The standard InChI is InChI=1S/C16H25NO4/c1-2-6-16(7-3-8-16)15(20)17-11-13(14(18)19)12-4-9-21-10-5-12/h2,12-13H,1,3-11H2,(H,17,20)(H,18,19). The van der Waals surface area contributed by atoms with Crippen LogP contribution in [0.4, 0.5) is 0 Å². The van der Waals surface area contributed by atoms with Gasteiger partial charge in [-0.1, -0.05) is 12.5 Å². The summed E-state index contributed by atoms with van der Waals surface area (Å²) in [5, 5.41) is 12.3. The average Bonchev–Trinajstić information content (AvgIpc) is 2.43. The van der Waals surface area contributed by atoms with E-state index in [-0.39, 0.29) is 23.8 Å². The summed E-state index contributed by atoms with van der Waals surface area (Å²) in [5.41, 5.74) is -0.333. The topological polar surface area (TPSA) is 75.6 Å². The number of hydrogen-bond acceptors (Lipinski definition) is 3. The molecule has 0 radical (unpaired) electrons. The van der Waals surface area contributed by atoms with Crippen LogP contribution in [-0.2, 0) is 14.3 Å². The monoisotopic (exact) mass is 295 g/mol. The Morgan fingerprint density at radius 3 is 2.52 bits per heavy atom. The van der Waals surface area contributed by atoms with Gasteiger partial charge in [-0.2, -0.15) is 0 Å². The first kappa shape index (κ1) is 16.0. The fourth-order valence-corrected chi connectivity index (χ4v) is 3.37. The number of carbonyl (C=O) groups is 2. The van der Waals surface area contributed by atoms with Gasteiger partial charge in [0, 0.05) is 19.8 Å². The van der Waals surface area contributed by atoms with Crippen molar-refractivity contribution < 1.29 is 19.4 Å². The lowest BCUT2D eigenvalue weighted by Gasteiger charge is -2.40. The third-order valence-electron chi connectivity index (χ3n) is 4.96. The second kappa shape index (κ2) is 7.07. The third kappa shape index (κ3) is 3.64. The van der Waals surface area contributed by atoms with Gasteiger partial charge in [0.1, 0.15) is 0 Å². The lowest BCUT2D eigenvalue weighted by molar-refractivity contribution is -0.145. The Morgan fingerprint density at radius 2 is 2.05 bits per heavy atom. The van der Waals surface area contributed by atoms with E-state index in [2.05, 4.69) is 11.9 Å². The molecule has 1 aliphatic carbocycles. The molecule has 5 nitrogen and oxygen atoms in total. The molecule has 0 aromatic carbocycles. The average molecular weight is 295 g/mol. The van der Waals surface area contributed by atoms with Crippen LogP contribution in [0.5, 0.6) is 0 Å². The first-order valence-electron chi connectivity index (χ1n) is 7.79. The highest BCUT2D eigenvalue weighted by atomic mass is 16.5. The summed E-state index contributed by atoms with van der Waals surface area (Å²) in [7, 11) is 0. The fourth-order valence-electron chi connectivity index (χ4n) is 3.37. The summed E-state index contributed by atoms with van der Waals surface area (Å²) in [6.07, 6.45) is 6.78. The van der Waals surface area contributed by atoms with Crippen LogP contribution < -0.4 is 5.32 Å². The predicted molar refractivity (Wildman–Crippen MR) is 78.8 cm³/mol. The van der Waals surface area contributed by atoms with Crippen molar-refractivity contribution in [3.8, 4) is 0 Å². The maximum Gasteiger partial charge on any atom is 0.308 e. The van der Waals surface area contributed by atoms with Crippen LogP contribution in [0, 0.1) is 17.3 Å². The second-order valence-electron chi connectivity index (χ2n) is 6.23. The highest BCUT2D eigenvalue weighted by Gasteiger charge is 2.43. The molecule has 5 heteroatoms. The molecule has 2 fully saturated rings. The minimum absolute atomic E-state index is 0.00744. The summed E-state index contributed by atoms with van der Waals surface area (Å²) >= 11 is 0. The Kier molecular flexibility index (Phi) is 5.39. The predicted octanol–water partition coefficient (Wildman–Crippen LogP) is 1.98. The van der Waals surface area contributed by atoms with E-state index in [0.29, 0.717) is 19.6 Å². The Morgan fingerprint density at radius 1 is 1.38 bits per heavy atom. The van der Waals surface area contributed by atoms with Gasteiger partial charge in [0.15, 0.2) is 0 Å². The van der Waals surface area contributed by atoms with Crippen LogP contribution in [0.1, 0.15) is 38.5 Å². The van der Waals surface area contributed by atoms with Crippen LogP contribution in [0.15, 0.2) is 12.7 Å². The molecule has 1 amide bonds. The number of hydrogen-bond donors (Lipinski definition) is 2. The van der Waals surface area contributed by atoms with Crippen LogP contribution >= 0.6 is 0 Å². The Hall–Kier alpha value is -1.36. The first-order chi connectivity index (χ1) is 10.1. The quantitative estimate of drug-likeness (QED) is 0.704. The van der Waals surface area contributed by atoms with Crippen molar-refractivity contribution in [1.82, 2.24) is 5.32 Å². The van der Waals surface area contributed by atoms with Crippen molar-refractivity contribution >= 4 is 11.9 Å². The van der Waals surface area contributed by atoms with Crippen LogP contribution in [0.25, 0.3) is 0 Å². The van der Waals surface area contributed by atoms with E-state index in [9.17, 15) is 14.7 Å². The molecular weight excluding hydrogens is 270 g/mol. The smallest absolute Gasteiger partial charge is 0.308 e. The van der Waals surface area contributed by atoms with E-state index >= 15 is 0 Å². The fraction of sp³-hybridized carbons (Fsp3) is 0.750. The molecule has 21 heavy (non-hydrogen) atoms. The highest BCUT2D eigenvalue weighted by molar-refractivity contribution is 5.84. The van der Waals surface area contributed by atoms with Crippen molar-refractivity contribution in [2.75, 3.05) is 19.8 Å². The van der Waals surface area contributed by atoms with Gasteiger partial charge in [-0.3, -0.25) is 9.59 Å². The molecule has 0 aromatic rings. The molecule has 1 saturated carbocycles. The van der Waals surface area contributed by atoms with Gasteiger partial charge in [0.25, 0.3) is 0 Å². The molecule has 1 heterocycles. The largest absolute Gasteiger partial charge is 0.481 e. The first-order valence-corrected chi connectivity index (χ1v) is 7.79. The summed E-state index contributed by atoms with van der Waals surface area (Å²) in [5.74, 6) is -1.26. The molecule has 0 bridgehead atoms. The molecule has 1 aliphatic heterocycles. The number of ether oxygens (including phenoxy) is 1. The molecule has 2 N–H and O–H groups in total. The summed E-state index contributed by atoms with van der Waals surface area (Å²) in [6, 6.07) is 0. The zero-order valence-electron chi connectivity index (χ0n) is 12.5. The van der Waals surface area contributed by atoms with E-state index in [1.165, 1.54) is 0 Å². The van der Waals surface area contributed by atoms with Gasteiger partial charge >= 0.3 is 5.97 Å². The zero-order chi connectivity index (χ0) is 15.3. The van der Waals surface area contributed by atoms with E-state index < -0.39 is 11.9 Å². The Balaban J connectivity index is 1.90. The lowest BCUT2D eigenvalue weighted by Crippen LogP contribution is -2.48. The summed E-state index contributed by atoms with van der Waals surface area (Å²) < 4.78 is 5.28. The minimum Gasteiger partial charge on any atom is -0.481 e. The number of carbonyl (C=O) groups excluding carboxylic acids is 1. The van der Waals surface area contributed by atoms with Gasteiger partial charge in [-0.25, -0.2) is 0 Å². The number of carboxylic acid groups (broad SMARTS) is 1. The van der Waals surface area contributed by atoms with Crippen molar-refractivity contribution in [3.05, 3.63) is 12.7 Å². The lowest BCUT2D eigenvalue weighted by atomic mass is 9.66. The van der Waals surface area contributed by atoms with Gasteiger partial charge in [0.05, 0.1) is 11.3 Å². The Bertz CT molecular complexity index is 397. The molecule has 0 aromatic heterocycles. The molecule has 1 saturated heterocycles. The number of rotatable bonds is 7. The highest BCUT2D eigenvalue weighted by Crippen LogP contribution is 2.44. The van der Waals surface area contributed by atoms with E-state index in [1.54, 1.807) is 6.08 Å². The van der Waals surface area contributed by atoms with Gasteiger partial charge in [-0.15, -0.1) is 6.58 Å². The third-order valence-corrected chi connectivity index (χ3v) is 4.96. The molecular formula is C16H25NO4. The van der Waals surface area contributed by atoms with Crippen LogP contribution in [-0.4, -0.2) is 36.7 Å². The van der Waals surface area contributed by atoms with Crippen molar-refractivity contribution in [1.29, 1.82) is 0 Å². The number of amides is 1. The molecule has 2 aliphatic rings. The number of carboxylic acids is 1. The van der Waals surface area contributed by atoms with E-state index in [0.717, 1.165) is 32.1 Å². The zero-order valence-corrected chi connectivity index (χ0v) is 12.5. The summed E-state index contributed by atoms with van der Waals surface area (Å²) in [6.45, 7) is 5.17. The maximum absolute atomic E-state index is 12.4. The Labute approximate surface area is 125 Å². The van der Waals surface area contributed by atoms with Crippen molar-refractivity contribution in [2.45, 2.75) is 38.5 Å². The van der Waals surface area contributed by atoms with Crippen molar-refractivity contribution in [2.24, 2.45) is 17.3 Å². The normalized spacial score (nSPS) is 22.9. The van der Waals surface area contributed by atoms with Gasteiger partial charge < -0.3 is 15.2 Å². The molecule has 118 valence electrons. The number of allylic oxidation sites excluding steroid dienone is 1. The van der Waals surface area contributed by atoms with Crippen molar-refractivity contribution in [3.63, 3.8) is 0 Å². The van der Waals surface area contributed by atoms with Crippen LogP contribution in [0.2, 0.25) is 0 Å². The van der Waals surface area contributed by atoms with Gasteiger partial charge in [-0.05, 0) is 38.0 Å². The molecule has 1 unspecified atom stereocenters. The minimum atomic E-state index is -0.825.